The minimum atomic E-state index is -3.86. The maximum atomic E-state index is 11.0. The van der Waals surface area contributed by atoms with E-state index in [0.29, 0.717) is 4.88 Å². The molecule has 0 atom stereocenters. The van der Waals surface area contributed by atoms with Crippen LogP contribution in [0.4, 0.5) is 0 Å². The molecule has 8 nitrogen and oxygen atoms in total. The van der Waals surface area contributed by atoms with Gasteiger partial charge in [0.05, 0.1) is 5.69 Å². The average molecular weight is 274 g/mol. The first-order valence-corrected chi connectivity index (χ1v) is 7.11. The molecular weight excluding hydrogens is 264 g/mol. The Bertz CT molecular complexity index is 616. The van der Waals surface area contributed by atoms with E-state index in [9.17, 15) is 8.42 Å². The zero-order chi connectivity index (χ0) is 12.5. The zero-order valence-electron chi connectivity index (χ0n) is 8.91. The van der Waals surface area contributed by atoms with Gasteiger partial charge < -0.3 is 0 Å². The van der Waals surface area contributed by atoms with E-state index in [0.717, 1.165) is 30.1 Å². The van der Waals surface area contributed by atoms with E-state index in [1.807, 2.05) is 6.92 Å². The Hall–Kier alpha value is -1.39. The van der Waals surface area contributed by atoms with Crippen molar-refractivity contribution in [2.24, 2.45) is 5.14 Å². The highest BCUT2D eigenvalue weighted by Crippen LogP contribution is 2.23. The van der Waals surface area contributed by atoms with Gasteiger partial charge in [-0.2, -0.15) is 10.1 Å². The van der Waals surface area contributed by atoms with Gasteiger partial charge in [-0.15, -0.1) is 5.10 Å². The standard InChI is InChI=1S/C7H10N6O2S2/c1-2-3-4-5(16-13-10-4)6-9-7(12-11-6)17(8,14)15/h2-3H2,1H3,(H2,8,14,15)(H,9,11,12). The summed E-state index contributed by atoms with van der Waals surface area (Å²) in [6.07, 6.45) is 1.65. The number of nitrogens with two attached hydrogens (primary N) is 1. The van der Waals surface area contributed by atoms with E-state index in [4.69, 9.17) is 5.14 Å². The molecule has 17 heavy (non-hydrogen) atoms. The lowest BCUT2D eigenvalue weighted by Crippen LogP contribution is -2.13. The Kier molecular flexibility index (Phi) is 3.17. The van der Waals surface area contributed by atoms with Crippen LogP contribution in [0.25, 0.3) is 10.7 Å². The van der Waals surface area contributed by atoms with Crippen LogP contribution >= 0.6 is 11.5 Å². The maximum Gasteiger partial charge on any atom is 0.273 e. The molecule has 0 aromatic carbocycles. The largest absolute Gasteiger partial charge is 0.273 e. The van der Waals surface area contributed by atoms with Gasteiger partial charge in [0.1, 0.15) is 4.88 Å². The van der Waals surface area contributed by atoms with Crippen LogP contribution in [0.15, 0.2) is 5.16 Å². The normalized spacial score (nSPS) is 11.9. The van der Waals surface area contributed by atoms with Crippen molar-refractivity contribution in [3.05, 3.63) is 5.69 Å². The zero-order valence-corrected chi connectivity index (χ0v) is 10.5. The molecule has 0 bridgehead atoms. The van der Waals surface area contributed by atoms with Crippen molar-refractivity contribution in [2.75, 3.05) is 0 Å². The molecule has 2 heterocycles. The Labute approximate surface area is 101 Å². The van der Waals surface area contributed by atoms with Crippen LogP contribution in [0.1, 0.15) is 19.0 Å². The fourth-order valence-corrected chi connectivity index (χ4v) is 2.28. The second kappa shape index (κ2) is 4.47. The van der Waals surface area contributed by atoms with Crippen molar-refractivity contribution in [2.45, 2.75) is 24.9 Å². The Morgan fingerprint density at radius 3 is 2.82 bits per heavy atom. The number of rotatable bonds is 4. The predicted octanol–water partition coefficient (Wildman–Crippen LogP) is -0.0769. The third-order valence-electron chi connectivity index (χ3n) is 1.98. The molecule has 0 saturated carbocycles. The van der Waals surface area contributed by atoms with E-state index in [2.05, 4.69) is 24.8 Å². The quantitative estimate of drug-likeness (QED) is 0.802. The van der Waals surface area contributed by atoms with E-state index >= 15 is 0 Å². The average Bonchev–Trinajstić information content (AvgIpc) is 2.82. The van der Waals surface area contributed by atoms with Crippen molar-refractivity contribution in [1.29, 1.82) is 0 Å². The predicted molar refractivity (Wildman–Crippen MR) is 60.7 cm³/mol. The highest BCUT2D eigenvalue weighted by molar-refractivity contribution is 7.89. The summed E-state index contributed by atoms with van der Waals surface area (Å²) >= 11 is 1.12. The summed E-state index contributed by atoms with van der Waals surface area (Å²) in [6, 6.07) is 0. The molecular formula is C7H10N6O2S2. The molecule has 0 fully saturated rings. The number of sulfonamides is 1. The molecule has 10 heteroatoms. The molecule has 0 amide bonds. The Morgan fingerprint density at radius 1 is 1.47 bits per heavy atom. The summed E-state index contributed by atoms with van der Waals surface area (Å²) in [5, 5.41) is 14.6. The van der Waals surface area contributed by atoms with E-state index in [1.165, 1.54) is 0 Å². The minimum Gasteiger partial charge on any atom is -0.248 e. The maximum absolute atomic E-state index is 11.0. The van der Waals surface area contributed by atoms with Crippen LogP contribution in [0.2, 0.25) is 0 Å². The number of aromatic amines is 1. The van der Waals surface area contributed by atoms with Crippen LogP contribution in [0, 0.1) is 0 Å². The summed E-state index contributed by atoms with van der Waals surface area (Å²) in [4.78, 5) is 4.48. The van der Waals surface area contributed by atoms with Crippen molar-refractivity contribution in [3.63, 3.8) is 0 Å². The Balaban J connectivity index is 2.40. The molecule has 0 radical (unpaired) electrons. The van der Waals surface area contributed by atoms with E-state index < -0.39 is 10.0 Å². The highest BCUT2D eigenvalue weighted by Gasteiger charge is 2.18. The second-order valence-corrected chi connectivity index (χ2v) is 5.54. The molecule has 3 N–H and O–H groups in total. The van der Waals surface area contributed by atoms with Gasteiger partial charge in [0.15, 0.2) is 5.82 Å². The molecule has 2 aromatic heterocycles. The molecule has 2 rings (SSSR count). The third kappa shape index (κ3) is 2.48. The van der Waals surface area contributed by atoms with Gasteiger partial charge in [0.25, 0.3) is 15.2 Å². The fraction of sp³-hybridized carbons (Fsp3) is 0.429. The van der Waals surface area contributed by atoms with Crippen molar-refractivity contribution in [3.8, 4) is 10.7 Å². The monoisotopic (exact) mass is 274 g/mol. The van der Waals surface area contributed by atoms with Gasteiger partial charge in [-0.25, -0.2) is 18.7 Å². The molecule has 0 aliphatic rings. The molecule has 0 aliphatic heterocycles. The van der Waals surface area contributed by atoms with Crippen LogP contribution in [0.5, 0.6) is 0 Å². The van der Waals surface area contributed by atoms with Crippen LogP contribution in [0.3, 0.4) is 0 Å². The lowest BCUT2D eigenvalue weighted by atomic mass is 10.2. The first kappa shape index (κ1) is 12.1. The van der Waals surface area contributed by atoms with Gasteiger partial charge in [-0.3, -0.25) is 0 Å². The van der Waals surface area contributed by atoms with Crippen LogP contribution in [-0.4, -0.2) is 33.2 Å². The molecule has 0 unspecified atom stereocenters. The van der Waals surface area contributed by atoms with Gasteiger partial charge in [-0.1, -0.05) is 17.8 Å². The van der Waals surface area contributed by atoms with Crippen LogP contribution in [-0.2, 0) is 16.4 Å². The highest BCUT2D eigenvalue weighted by atomic mass is 32.2. The third-order valence-corrected chi connectivity index (χ3v) is 3.47. The van der Waals surface area contributed by atoms with Gasteiger partial charge in [0, 0.05) is 0 Å². The molecule has 0 spiro atoms. The number of nitrogens with zero attached hydrogens (tertiary/aromatic N) is 4. The first-order valence-electron chi connectivity index (χ1n) is 4.79. The summed E-state index contributed by atoms with van der Waals surface area (Å²) < 4.78 is 25.9. The summed E-state index contributed by atoms with van der Waals surface area (Å²) in [5.41, 5.74) is 0.762. The van der Waals surface area contributed by atoms with Crippen molar-refractivity contribution in [1.82, 2.24) is 24.8 Å². The van der Waals surface area contributed by atoms with E-state index in [1.54, 1.807) is 0 Å². The topological polar surface area (TPSA) is 128 Å². The number of aryl methyl sites for hydroxylation is 1. The number of hydrogen-bond acceptors (Lipinski definition) is 7. The smallest absolute Gasteiger partial charge is 0.248 e. The summed E-state index contributed by atoms with van der Waals surface area (Å²) in [6.45, 7) is 2.01. The summed E-state index contributed by atoms with van der Waals surface area (Å²) in [7, 11) is -3.86. The lowest BCUT2D eigenvalue weighted by Gasteiger charge is -1.92. The molecule has 92 valence electrons. The number of primary sulfonamides is 1. The van der Waals surface area contributed by atoms with Gasteiger partial charge in [-0.05, 0) is 18.0 Å². The molecule has 2 aromatic rings. The fourth-order valence-electron chi connectivity index (χ4n) is 1.25. The summed E-state index contributed by atoms with van der Waals surface area (Å²) in [5.74, 6) is 0.257. The minimum absolute atomic E-state index is 0.257. The lowest BCUT2D eigenvalue weighted by molar-refractivity contribution is 0.589. The second-order valence-electron chi connectivity index (χ2n) is 3.31. The van der Waals surface area contributed by atoms with E-state index in [-0.39, 0.29) is 11.0 Å². The first-order chi connectivity index (χ1) is 8.02. The number of H-pyrrole nitrogens is 1. The van der Waals surface area contributed by atoms with Crippen molar-refractivity contribution < 1.29 is 8.42 Å². The van der Waals surface area contributed by atoms with Crippen LogP contribution < -0.4 is 5.14 Å². The Morgan fingerprint density at radius 2 is 2.24 bits per heavy atom. The van der Waals surface area contributed by atoms with Gasteiger partial charge >= 0.3 is 0 Å². The number of aromatic nitrogens is 5. The SMILES string of the molecule is CCCc1nnsc1-c1n[nH]c(S(N)(=O)=O)n1. The molecule has 0 saturated heterocycles. The van der Waals surface area contributed by atoms with Gasteiger partial charge in [0.2, 0.25) is 0 Å². The van der Waals surface area contributed by atoms with Crippen molar-refractivity contribution >= 4 is 21.6 Å². The number of hydrogen-bond donors (Lipinski definition) is 2. The molecule has 0 aliphatic carbocycles. The number of nitrogens with one attached hydrogen (secondary N) is 1.